The molecular formula is C22H39N5O2. The van der Waals surface area contributed by atoms with Gasteiger partial charge >= 0.3 is 0 Å². The van der Waals surface area contributed by atoms with Gasteiger partial charge in [0.1, 0.15) is 5.76 Å². The average Bonchev–Trinajstić information content (AvgIpc) is 3.46. The summed E-state index contributed by atoms with van der Waals surface area (Å²) < 4.78 is 10.9. The number of methoxy groups -OCH3 is 1. The minimum absolute atomic E-state index is 0.229. The molecule has 1 aromatic heterocycles. The van der Waals surface area contributed by atoms with Crippen LogP contribution in [-0.2, 0) is 4.74 Å². The summed E-state index contributed by atoms with van der Waals surface area (Å²) in [6.07, 6.45) is 6.77. The molecule has 0 spiro atoms. The molecule has 2 N–H and O–H groups in total. The number of ether oxygens (including phenoxy) is 1. The van der Waals surface area contributed by atoms with Crippen LogP contribution in [0.1, 0.15) is 44.4 Å². The number of furan rings is 1. The number of piperidine rings is 1. The van der Waals surface area contributed by atoms with E-state index in [1.807, 2.05) is 6.07 Å². The van der Waals surface area contributed by atoms with Crippen LogP contribution in [0.4, 0.5) is 0 Å². The monoisotopic (exact) mass is 405 g/mol. The van der Waals surface area contributed by atoms with Crippen molar-refractivity contribution in [3.05, 3.63) is 24.2 Å². The first-order valence-corrected chi connectivity index (χ1v) is 11.3. The first-order valence-electron chi connectivity index (χ1n) is 11.3. The molecule has 0 aromatic carbocycles. The van der Waals surface area contributed by atoms with Gasteiger partial charge in [-0.25, -0.2) is 0 Å². The van der Waals surface area contributed by atoms with Crippen molar-refractivity contribution in [1.29, 1.82) is 0 Å². The molecule has 2 fully saturated rings. The van der Waals surface area contributed by atoms with Gasteiger partial charge in [0.05, 0.1) is 25.5 Å². The van der Waals surface area contributed by atoms with Gasteiger partial charge in [0.25, 0.3) is 0 Å². The molecule has 3 rings (SSSR count). The molecule has 0 aliphatic carbocycles. The Kier molecular flexibility index (Phi) is 9.31. The van der Waals surface area contributed by atoms with Gasteiger partial charge in [-0.3, -0.25) is 9.89 Å². The minimum Gasteiger partial charge on any atom is -0.468 e. The van der Waals surface area contributed by atoms with Crippen LogP contribution in [0.15, 0.2) is 27.8 Å². The fourth-order valence-electron chi connectivity index (χ4n) is 4.31. The number of hydrogen-bond donors (Lipinski definition) is 2. The van der Waals surface area contributed by atoms with E-state index in [1.165, 1.54) is 38.8 Å². The minimum atomic E-state index is 0.229. The van der Waals surface area contributed by atoms with Crippen molar-refractivity contribution in [1.82, 2.24) is 20.4 Å². The third-order valence-corrected chi connectivity index (χ3v) is 6.10. The lowest BCUT2D eigenvalue weighted by molar-refractivity contribution is 0.121. The highest BCUT2D eigenvalue weighted by Crippen LogP contribution is 2.25. The highest BCUT2D eigenvalue weighted by atomic mass is 16.5. The Morgan fingerprint density at radius 3 is 2.69 bits per heavy atom. The Balaban J connectivity index is 1.50. The smallest absolute Gasteiger partial charge is 0.191 e. The molecule has 1 atom stereocenters. The Morgan fingerprint density at radius 2 is 2.03 bits per heavy atom. The fraction of sp³-hybridized carbons (Fsp3) is 0.773. The second-order valence-electron chi connectivity index (χ2n) is 8.15. The number of guanidine groups is 1. The summed E-state index contributed by atoms with van der Waals surface area (Å²) in [6, 6.07) is 4.29. The number of hydrogen-bond acceptors (Lipinski definition) is 5. The molecule has 7 nitrogen and oxygen atoms in total. The summed E-state index contributed by atoms with van der Waals surface area (Å²) in [6.45, 7) is 11.2. The van der Waals surface area contributed by atoms with E-state index in [0.29, 0.717) is 5.92 Å². The Labute approximate surface area is 175 Å². The molecule has 0 radical (unpaired) electrons. The maximum Gasteiger partial charge on any atom is 0.191 e. The van der Waals surface area contributed by atoms with Gasteiger partial charge in [-0.1, -0.05) is 0 Å². The molecule has 1 unspecified atom stereocenters. The van der Waals surface area contributed by atoms with E-state index in [9.17, 15) is 0 Å². The van der Waals surface area contributed by atoms with E-state index >= 15 is 0 Å². The van der Waals surface area contributed by atoms with Gasteiger partial charge in [0, 0.05) is 26.7 Å². The van der Waals surface area contributed by atoms with E-state index in [2.05, 4.69) is 33.4 Å². The maximum atomic E-state index is 5.73. The van der Waals surface area contributed by atoms with Crippen LogP contribution in [0.2, 0.25) is 0 Å². The summed E-state index contributed by atoms with van der Waals surface area (Å²) in [5.41, 5.74) is 0. The predicted octanol–water partition coefficient (Wildman–Crippen LogP) is 2.33. The van der Waals surface area contributed by atoms with Crippen LogP contribution >= 0.6 is 0 Å². The SMILES string of the molecule is CCNC(=NCC(c1ccco1)N1CCCC1)NCC1CCN(CCOC)CC1. The summed E-state index contributed by atoms with van der Waals surface area (Å²) in [5.74, 6) is 2.65. The quantitative estimate of drug-likeness (QED) is 0.460. The summed E-state index contributed by atoms with van der Waals surface area (Å²) in [7, 11) is 1.78. The van der Waals surface area contributed by atoms with Crippen LogP contribution in [0, 0.1) is 5.92 Å². The molecule has 0 amide bonds. The van der Waals surface area contributed by atoms with E-state index in [-0.39, 0.29) is 6.04 Å². The molecule has 2 saturated heterocycles. The molecule has 1 aromatic rings. The molecule has 0 saturated carbocycles. The van der Waals surface area contributed by atoms with Gasteiger partial charge in [-0.05, 0) is 76.8 Å². The first-order chi connectivity index (χ1) is 14.3. The van der Waals surface area contributed by atoms with E-state index in [4.69, 9.17) is 14.1 Å². The Morgan fingerprint density at radius 1 is 1.24 bits per heavy atom. The largest absolute Gasteiger partial charge is 0.468 e. The third-order valence-electron chi connectivity index (χ3n) is 6.10. The zero-order chi connectivity index (χ0) is 20.3. The lowest BCUT2D eigenvalue weighted by atomic mass is 9.97. The second kappa shape index (κ2) is 12.2. The van der Waals surface area contributed by atoms with E-state index < -0.39 is 0 Å². The molecule has 164 valence electrons. The van der Waals surface area contributed by atoms with Crippen molar-refractivity contribution in [3.63, 3.8) is 0 Å². The van der Waals surface area contributed by atoms with Gasteiger partial charge in [0.2, 0.25) is 0 Å². The van der Waals surface area contributed by atoms with Crippen molar-refractivity contribution >= 4 is 5.96 Å². The highest BCUT2D eigenvalue weighted by Gasteiger charge is 2.25. The molecule has 0 bridgehead atoms. The second-order valence-corrected chi connectivity index (χ2v) is 8.15. The summed E-state index contributed by atoms with van der Waals surface area (Å²) in [5, 5.41) is 7.00. The standard InChI is InChI=1S/C22H39N5O2/c1-3-23-22(24-17-19-8-12-26(13-9-19)14-16-28-2)25-18-20(21-7-6-15-29-21)27-10-4-5-11-27/h6-7,15,19-20H,3-5,8-14,16-18H2,1-2H3,(H2,23,24,25). The third kappa shape index (κ3) is 7.01. The summed E-state index contributed by atoms with van der Waals surface area (Å²) >= 11 is 0. The normalized spacial score (nSPS) is 20.8. The number of nitrogens with one attached hydrogen (secondary N) is 2. The van der Waals surface area contributed by atoms with Crippen LogP contribution in [0.25, 0.3) is 0 Å². The number of nitrogens with zero attached hydrogens (tertiary/aromatic N) is 3. The predicted molar refractivity (Wildman–Crippen MR) is 117 cm³/mol. The molecule has 2 aliphatic heterocycles. The summed E-state index contributed by atoms with van der Waals surface area (Å²) in [4.78, 5) is 9.92. The van der Waals surface area contributed by atoms with Gasteiger partial charge < -0.3 is 24.7 Å². The van der Waals surface area contributed by atoms with Gasteiger partial charge in [0.15, 0.2) is 5.96 Å². The van der Waals surface area contributed by atoms with Crippen molar-refractivity contribution in [3.8, 4) is 0 Å². The molecule has 2 aliphatic rings. The van der Waals surface area contributed by atoms with Crippen LogP contribution in [0.3, 0.4) is 0 Å². The molecular weight excluding hydrogens is 366 g/mol. The van der Waals surface area contributed by atoms with Crippen LogP contribution in [-0.4, -0.2) is 81.8 Å². The lowest BCUT2D eigenvalue weighted by Gasteiger charge is -2.32. The van der Waals surface area contributed by atoms with E-state index in [0.717, 1.165) is 57.6 Å². The van der Waals surface area contributed by atoms with Crippen LogP contribution < -0.4 is 10.6 Å². The lowest BCUT2D eigenvalue weighted by Crippen LogP contribution is -2.43. The number of aliphatic imine (C=N–C) groups is 1. The maximum absolute atomic E-state index is 5.73. The Bertz CT molecular complexity index is 578. The zero-order valence-corrected chi connectivity index (χ0v) is 18.2. The number of rotatable bonds is 10. The zero-order valence-electron chi connectivity index (χ0n) is 18.2. The van der Waals surface area contributed by atoms with E-state index in [1.54, 1.807) is 13.4 Å². The molecule has 29 heavy (non-hydrogen) atoms. The first kappa shape index (κ1) is 22.1. The van der Waals surface area contributed by atoms with Crippen molar-refractivity contribution < 1.29 is 9.15 Å². The number of likely N-dealkylation sites (tertiary alicyclic amines) is 2. The topological polar surface area (TPSA) is 65.3 Å². The molecule has 3 heterocycles. The van der Waals surface area contributed by atoms with Crippen molar-refractivity contribution in [2.45, 2.75) is 38.6 Å². The average molecular weight is 406 g/mol. The fourth-order valence-corrected chi connectivity index (χ4v) is 4.31. The molecule has 7 heteroatoms. The van der Waals surface area contributed by atoms with Crippen molar-refractivity contribution in [2.24, 2.45) is 10.9 Å². The van der Waals surface area contributed by atoms with Gasteiger partial charge in [-0.2, -0.15) is 0 Å². The van der Waals surface area contributed by atoms with Crippen molar-refractivity contribution in [2.75, 3.05) is 66.1 Å². The highest BCUT2D eigenvalue weighted by molar-refractivity contribution is 5.79. The van der Waals surface area contributed by atoms with Crippen LogP contribution in [0.5, 0.6) is 0 Å². The Hall–Kier alpha value is -1.57. The van der Waals surface area contributed by atoms with Gasteiger partial charge in [-0.15, -0.1) is 0 Å².